The monoisotopic (exact) mass is 302 g/mol. The Morgan fingerprint density at radius 3 is 2.24 bits per heavy atom. The largest absolute Gasteiger partial charge is 0.495 e. The summed E-state index contributed by atoms with van der Waals surface area (Å²) in [5.41, 5.74) is 1.48. The smallest absolute Gasteiger partial charge is 0.399 e. The Kier molecular flexibility index (Phi) is 3.36. The fraction of sp³-hybridized carbons (Fsp3) is 0.412. The summed E-state index contributed by atoms with van der Waals surface area (Å²) in [7, 11) is -0.391. The van der Waals surface area contributed by atoms with Gasteiger partial charge in [-0.05, 0) is 51.5 Å². The Labute approximate surface area is 131 Å². The quantitative estimate of drug-likeness (QED) is 0.738. The van der Waals surface area contributed by atoms with Gasteiger partial charge in [0.05, 0.1) is 11.2 Å². The average Bonchev–Trinajstić information content (AvgIpc) is 2.57. The summed E-state index contributed by atoms with van der Waals surface area (Å²) >= 11 is 6.42. The lowest BCUT2D eigenvalue weighted by atomic mass is 9.75. The molecule has 110 valence electrons. The summed E-state index contributed by atoms with van der Waals surface area (Å²) in [6.07, 6.45) is 0. The molecule has 3 rings (SSSR count). The van der Waals surface area contributed by atoms with Crippen molar-refractivity contribution < 1.29 is 9.31 Å². The molecule has 1 aliphatic heterocycles. The third kappa shape index (κ3) is 2.38. The minimum Gasteiger partial charge on any atom is -0.399 e. The summed E-state index contributed by atoms with van der Waals surface area (Å²) in [5, 5.41) is 2.87. The average molecular weight is 303 g/mol. The molecule has 2 aromatic rings. The van der Waals surface area contributed by atoms with Gasteiger partial charge in [0.2, 0.25) is 0 Å². The van der Waals surface area contributed by atoms with Crippen LogP contribution in [0.1, 0.15) is 33.3 Å². The molecule has 0 saturated carbocycles. The van der Waals surface area contributed by atoms with Gasteiger partial charge < -0.3 is 9.31 Å². The van der Waals surface area contributed by atoms with Crippen LogP contribution in [0.3, 0.4) is 0 Å². The summed E-state index contributed by atoms with van der Waals surface area (Å²) in [6.45, 7) is 10.3. The molecule has 0 bridgehead atoms. The zero-order chi connectivity index (χ0) is 15.4. The highest BCUT2D eigenvalue weighted by molar-refractivity contribution is 6.66. The Hall–Kier alpha value is -1.03. The van der Waals surface area contributed by atoms with Crippen LogP contribution in [0.25, 0.3) is 10.8 Å². The van der Waals surface area contributed by atoms with E-state index >= 15 is 0 Å². The molecular weight excluding hydrogens is 282 g/mol. The van der Waals surface area contributed by atoms with Gasteiger partial charge in [-0.1, -0.05) is 41.4 Å². The molecule has 2 aromatic carbocycles. The van der Waals surface area contributed by atoms with Gasteiger partial charge in [-0.25, -0.2) is 0 Å². The number of halogens is 1. The highest BCUT2D eigenvalue weighted by atomic mass is 35.5. The molecule has 0 radical (unpaired) electrons. The van der Waals surface area contributed by atoms with E-state index < -0.39 is 7.12 Å². The first-order valence-corrected chi connectivity index (χ1v) is 7.63. The maximum Gasteiger partial charge on any atom is 0.495 e. The molecule has 0 atom stereocenters. The molecule has 4 heteroatoms. The Morgan fingerprint density at radius 2 is 1.62 bits per heavy atom. The first-order valence-electron chi connectivity index (χ1n) is 7.26. The van der Waals surface area contributed by atoms with E-state index in [1.165, 1.54) is 5.56 Å². The van der Waals surface area contributed by atoms with Crippen LogP contribution < -0.4 is 5.46 Å². The van der Waals surface area contributed by atoms with Crippen molar-refractivity contribution >= 4 is 35.0 Å². The Morgan fingerprint density at radius 1 is 1.00 bits per heavy atom. The molecule has 2 nitrogen and oxygen atoms in total. The number of benzene rings is 2. The van der Waals surface area contributed by atoms with Gasteiger partial charge in [-0.15, -0.1) is 0 Å². The van der Waals surface area contributed by atoms with Crippen LogP contribution >= 0.6 is 11.6 Å². The Balaban J connectivity index is 2.18. The van der Waals surface area contributed by atoms with Gasteiger partial charge in [-0.2, -0.15) is 0 Å². The predicted molar refractivity (Wildman–Crippen MR) is 89.4 cm³/mol. The lowest BCUT2D eigenvalue weighted by Crippen LogP contribution is -2.41. The van der Waals surface area contributed by atoms with Crippen molar-refractivity contribution in [1.29, 1.82) is 0 Å². The van der Waals surface area contributed by atoms with Crippen molar-refractivity contribution in [1.82, 2.24) is 0 Å². The molecule has 0 spiro atoms. The van der Waals surface area contributed by atoms with Crippen LogP contribution in [-0.4, -0.2) is 18.3 Å². The van der Waals surface area contributed by atoms with Crippen molar-refractivity contribution in [3.05, 3.63) is 40.9 Å². The highest BCUT2D eigenvalue weighted by Crippen LogP contribution is 2.37. The first-order chi connectivity index (χ1) is 9.71. The molecule has 1 saturated heterocycles. The van der Waals surface area contributed by atoms with Gasteiger partial charge in [-0.3, -0.25) is 0 Å². The van der Waals surface area contributed by atoms with Crippen molar-refractivity contribution in [2.75, 3.05) is 0 Å². The number of hydrogen-bond acceptors (Lipinski definition) is 2. The molecular formula is C17H20BClO2. The molecule has 0 aliphatic carbocycles. The van der Waals surface area contributed by atoms with Crippen molar-refractivity contribution in [3.8, 4) is 0 Å². The normalized spacial score (nSPS) is 20.2. The number of aryl methyl sites for hydroxylation is 1. The van der Waals surface area contributed by atoms with Gasteiger partial charge in [0.15, 0.2) is 0 Å². The van der Waals surface area contributed by atoms with E-state index in [9.17, 15) is 0 Å². The molecule has 1 fully saturated rings. The van der Waals surface area contributed by atoms with E-state index in [0.717, 1.165) is 21.3 Å². The Bertz CT molecular complexity index is 693. The SMILES string of the molecule is Cc1cc(B2OC(C)(C)C(C)(C)O2)c2c(Cl)cccc2c1. The van der Waals surface area contributed by atoms with Gasteiger partial charge in [0, 0.05) is 10.4 Å². The third-order valence-electron chi connectivity index (χ3n) is 4.61. The van der Waals surface area contributed by atoms with E-state index in [1.807, 2.05) is 12.1 Å². The maximum absolute atomic E-state index is 6.42. The second-order valence-electron chi connectivity index (χ2n) is 6.78. The number of hydrogen-bond donors (Lipinski definition) is 0. The van der Waals surface area contributed by atoms with E-state index in [-0.39, 0.29) is 11.2 Å². The van der Waals surface area contributed by atoms with E-state index in [4.69, 9.17) is 20.9 Å². The fourth-order valence-corrected chi connectivity index (χ4v) is 3.02. The summed E-state index contributed by atoms with van der Waals surface area (Å²) in [6, 6.07) is 10.2. The van der Waals surface area contributed by atoms with Crippen LogP contribution in [0.15, 0.2) is 30.3 Å². The van der Waals surface area contributed by atoms with Crippen molar-refractivity contribution in [3.63, 3.8) is 0 Å². The highest BCUT2D eigenvalue weighted by Gasteiger charge is 2.52. The minimum atomic E-state index is -0.391. The summed E-state index contributed by atoms with van der Waals surface area (Å²) < 4.78 is 12.4. The zero-order valence-corrected chi connectivity index (χ0v) is 13.9. The topological polar surface area (TPSA) is 18.5 Å². The number of rotatable bonds is 1. The van der Waals surface area contributed by atoms with Crippen LogP contribution in [0.2, 0.25) is 5.02 Å². The molecule has 0 unspecified atom stereocenters. The molecule has 0 aromatic heterocycles. The number of fused-ring (bicyclic) bond motifs is 1. The first kappa shape index (κ1) is 14.9. The predicted octanol–water partition coefficient (Wildman–Crippen LogP) is 4.10. The van der Waals surface area contributed by atoms with Crippen LogP contribution in [0.4, 0.5) is 0 Å². The second kappa shape index (κ2) is 4.74. The molecule has 1 heterocycles. The minimum absolute atomic E-state index is 0.352. The standard InChI is InChI=1S/C17H20BClO2/c1-11-9-12-7-6-8-14(19)15(12)13(10-11)18-20-16(2,3)17(4,5)21-18/h6-10H,1-5H3. The lowest BCUT2D eigenvalue weighted by molar-refractivity contribution is 0.00578. The zero-order valence-electron chi connectivity index (χ0n) is 13.2. The molecule has 0 amide bonds. The van der Waals surface area contributed by atoms with Crippen LogP contribution in [-0.2, 0) is 9.31 Å². The van der Waals surface area contributed by atoms with E-state index in [0.29, 0.717) is 0 Å². The molecule has 1 aliphatic rings. The van der Waals surface area contributed by atoms with Gasteiger partial charge in [0.1, 0.15) is 0 Å². The third-order valence-corrected chi connectivity index (χ3v) is 4.92. The van der Waals surface area contributed by atoms with Crippen LogP contribution in [0.5, 0.6) is 0 Å². The summed E-state index contributed by atoms with van der Waals surface area (Å²) in [5.74, 6) is 0. The van der Waals surface area contributed by atoms with Crippen molar-refractivity contribution in [2.45, 2.75) is 45.8 Å². The van der Waals surface area contributed by atoms with Gasteiger partial charge in [0.25, 0.3) is 0 Å². The molecule has 0 N–H and O–H groups in total. The maximum atomic E-state index is 6.42. The van der Waals surface area contributed by atoms with E-state index in [1.54, 1.807) is 0 Å². The van der Waals surface area contributed by atoms with Crippen molar-refractivity contribution in [2.24, 2.45) is 0 Å². The second-order valence-corrected chi connectivity index (χ2v) is 7.19. The molecule has 21 heavy (non-hydrogen) atoms. The lowest BCUT2D eigenvalue weighted by Gasteiger charge is -2.32. The van der Waals surface area contributed by atoms with Crippen LogP contribution in [0, 0.1) is 6.92 Å². The van der Waals surface area contributed by atoms with E-state index in [2.05, 4.69) is 52.8 Å². The van der Waals surface area contributed by atoms with Gasteiger partial charge >= 0.3 is 7.12 Å². The fourth-order valence-electron chi connectivity index (χ4n) is 2.73. The summed E-state index contributed by atoms with van der Waals surface area (Å²) in [4.78, 5) is 0.